The predicted octanol–water partition coefficient (Wildman–Crippen LogP) is 6.07. The van der Waals surface area contributed by atoms with Crippen LogP contribution in [0.3, 0.4) is 0 Å². The van der Waals surface area contributed by atoms with E-state index in [2.05, 4.69) is 43.3 Å². The number of rotatable bonds is 10. The monoisotopic (exact) mass is 511 g/mol. The van der Waals surface area contributed by atoms with Crippen molar-refractivity contribution >= 4 is 34.5 Å². The summed E-state index contributed by atoms with van der Waals surface area (Å²) in [7, 11) is 0. The standard InChI is InChI=1S/C32H34NO3P/c1-3-24-33(32(35)36-25-28-16-8-4-9-17-28)37(26-27(2)34,29-18-10-5-11-19-29,30-20-12-6-13-21-30)31-22-14-7-15-23-31/h4-23H,3,24-26H2,1-2H3. The molecular formula is C32H34NO3P. The molecule has 0 radical (unpaired) electrons. The molecule has 0 saturated heterocycles. The first-order valence-corrected chi connectivity index (χ1v) is 15.1. The van der Waals surface area contributed by atoms with Gasteiger partial charge in [0.15, 0.2) is 0 Å². The maximum atomic E-state index is 14.3. The zero-order valence-electron chi connectivity index (χ0n) is 21.5. The number of hydrogen-bond acceptors (Lipinski definition) is 3. The topological polar surface area (TPSA) is 46.6 Å². The number of benzene rings is 4. The second-order valence-corrected chi connectivity index (χ2v) is 14.1. The number of amides is 1. The summed E-state index contributed by atoms with van der Waals surface area (Å²) < 4.78 is 7.94. The van der Waals surface area contributed by atoms with Crippen molar-refractivity contribution in [2.45, 2.75) is 26.9 Å². The van der Waals surface area contributed by atoms with E-state index < -0.39 is 12.8 Å². The van der Waals surface area contributed by atoms with Gasteiger partial charge >= 0.3 is 220 Å². The summed E-state index contributed by atoms with van der Waals surface area (Å²) in [5, 5.41) is 2.89. The molecule has 0 N–H and O–H groups in total. The Bertz CT molecular complexity index is 1210. The summed E-state index contributed by atoms with van der Waals surface area (Å²) in [6.45, 7) is 0.359. The van der Waals surface area contributed by atoms with Crippen LogP contribution in [-0.2, 0) is 16.1 Å². The number of ketones is 1. The van der Waals surface area contributed by atoms with Crippen molar-refractivity contribution in [3.05, 3.63) is 127 Å². The molecule has 4 nitrogen and oxygen atoms in total. The zero-order chi connectivity index (χ0) is 26.2. The van der Waals surface area contributed by atoms with Crippen LogP contribution in [0.2, 0.25) is 0 Å². The van der Waals surface area contributed by atoms with Crippen LogP contribution in [0.5, 0.6) is 0 Å². The first kappa shape index (κ1) is 26.3. The summed E-state index contributed by atoms with van der Waals surface area (Å²) >= 11 is 0. The normalized spacial score (nSPS) is 12.2. The van der Waals surface area contributed by atoms with E-state index >= 15 is 0 Å². The van der Waals surface area contributed by atoms with Crippen LogP contribution in [0.1, 0.15) is 25.8 Å². The van der Waals surface area contributed by atoms with Crippen molar-refractivity contribution < 1.29 is 14.3 Å². The van der Waals surface area contributed by atoms with Crippen LogP contribution in [0.15, 0.2) is 121 Å². The molecule has 0 aliphatic carbocycles. The molecule has 4 rings (SSSR count). The van der Waals surface area contributed by atoms with Gasteiger partial charge in [-0.3, -0.25) is 0 Å². The van der Waals surface area contributed by atoms with Gasteiger partial charge in [-0.1, -0.05) is 0 Å². The fraction of sp³-hybridized carbons (Fsp3) is 0.188. The van der Waals surface area contributed by atoms with E-state index in [-0.39, 0.29) is 18.6 Å². The predicted molar refractivity (Wildman–Crippen MR) is 154 cm³/mol. The Kier molecular flexibility index (Phi) is 8.21. The number of hydrogen-bond donors (Lipinski definition) is 0. The third kappa shape index (κ3) is 4.82. The molecule has 0 heterocycles. The van der Waals surface area contributed by atoms with Gasteiger partial charge in [-0.2, -0.15) is 0 Å². The number of ether oxygens (including phenoxy) is 1. The van der Waals surface area contributed by atoms with E-state index in [0.717, 1.165) is 21.5 Å². The molecule has 0 aliphatic heterocycles. The molecular weight excluding hydrogens is 477 g/mol. The molecule has 37 heavy (non-hydrogen) atoms. The molecule has 4 aromatic carbocycles. The third-order valence-electron chi connectivity index (χ3n) is 6.85. The quantitative estimate of drug-likeness (QED) is 0.243. The number of carbonyl (C=O) groups is 2. The Morgan fingerprint density at radius 2 is 1.08 bits per heavy atom. The van der Waals surface area contributed by atoms with E-state index in [0.29, 0.717) is 13.0 Å². The van der Waals surface area contributed by atoms with Crippen LogP contribution in [0, 0.1) is 0 Å². The van der Waals surface area contributed by atoms with E-state index in [1.807, 2.05) is 89.6 Å². The van der Waals surface area contributed by atoms with Crippen LogP contribution >= 0.6 is 6.75 Å². The van der Waals surface area contributed by atoms with Gasteiger partial charge in [-0.05, 0) is 0 Å². The van der Waals surface area contributed by atoms with Crippen LogP contribution in [-0.4, -0.2) is 29.3 Å². The SMILES string of the molecule is CCCN(C(=O)OCc1ccccc1)P(CC(C)=O)(c1ccccc1)(c1ccccc1)c1ccccc1. The number of Topliss-reactive ketones (excluding diaryl/α,β-unsaturated/α-hetero) is 1. The van der Waals surface area contributed by atoms with E-state index in [9.17, 15) is 9.59 Å². The van der Waals surface area contributed by atoms with Gasteiger partial charge in [0.25, 0.3) is 0 Å². The van der Waals surface area contributed by atoms with Crippen LogP contribution in [0.4, 0.5) is 4.79 Å². The summed E-state index contributed by atoms with van der Waals surface area (Å²) in [5.41, 5.74) is 0.915. The van der Waals surface area contributed by atoms with Crippen molar-refractivity contribution in [3.63, 3.8) is 0 Å². The third-order valence-corrected chi connectivity index (χ3v) is 13.6. The van der Waals surface area contributed by atoms with Gasteiger partial charge in [0.2, 0.25) is 0 Å². The Morgan fingerprint density at radius 3 is 1.46 bits per heavy atom. The molecule has 5 heteroatoms. The average Bonchev–Trinajstić information content (AvgIpc) is 2.95. The summed E-state index contributed by atoms with van der Waals surface area (Å²) in [4.78, 5) is 27.6. The van der Waals surface area contributed by atoms with Crippen LogP contribution < -0.4 is 15.9 Å². The molecule has 190 valence electrons. The molecule has 0 bridgehead atoms. The van der Waals surface area contributed by atoms with Crippen molar-refractivity contribution in [2.24, 2.45) is 0 Å². The molecule has 1 amide bonds. The Balaban J connectivity index is 2.07. The molecule has 0 aliphatic rings. The summed E-state index contributed by atoms with van der Waals surface area (Å²) in [6.07, 6.45) is 0.480. The van der Waals surface area contributed by atoms with E-state index in [4.69, 9.17) is 4.74 Å². The Hall–Kier alpha value is -3.75. The zero-order valence-corrected chi connectivity index (χ0v) is 22.4. The van der Waals surface area contributed by atoms with Gasteiger partial charge < -0.3 is 0 Å². The maximum absolute atomic E-state index is 14.3. The number of carbonyl (C=O) groups excluding carboxylic acids is 2. The average molecular weight is 512 g/mol. The second-order valence-electron chi connectivity index (χ2n) is 9.28. The van der Waals surface area contributed by atoms with Crippen molar-refractivity contribution in [1.82, 2.24) is 4.67 Å². The summed E-state index contributed by atoms with van der Waals surface area (Å²) in [5.74, 6) is 0.0196. The van der Waals surface area contributed by atoms with Gasteiger partial charge in [0, 0.05) is 0 Å². The Morgan fingerprint density at radius 1 is 0.676 bits per heavy atom. The first-order chi connectivity index (χ1) is 18.0. The second kappa shape index (κ2) is 11.5. The molecule has 0 spiro atoms. The van der Waals surface area contributed by atoms with Gasteiger partial charge in [0.1, 0.15) is 0 Å². The fourth-order valence-corrected chi connectivity index (χ4v) is 12.2. The fourth-order valence-electron chi connectivity index (χ4n) is 5.40. The molecule has 0 saturated carbocycles. The molecule has 0 unspecified atom stereocenters. The minimum atomic E-state index is -3.91. The first-order valence-electron chi connectivity index (χ1n) is 12.7. The van der Waals surface area contributed by atoms with Crippen LogP contribution in [0.25, 0.3) is 0 Å². The van der Waals surface area contributed by atoms with Crippen molar-refractivity contribution in [1.29, 1.82) is 0 Å². The van der Waals surface area contributed by atoms with Gasteiger partial charge in [0.05, 0.1) is 0 Å². The molecule has 0 atom stereocenters. The molecule has 4 aromatic rings. The Labute approximate surface area is 219 Å². The summed E-state index contributed by atoms with van der Waals surface area (Å²) in [6, 6.07) is 39.9. The minimum absolute atomic E-state index is 0.0196. The molecule has 0 aromatic heterocycles. The number of nitrogens with zero attached hydrogens (tertiary/aromatic N) is 1. The molecule has 0 fully saturated rings. The van der Waals surface area contributed by atoms with E-state index in [1.165, 1.54) is 0 Å². The van der Waals surface area contributed by atoms with Gasteiger partial charge in [-0.15, -0.1) is 0 Å². The van der Waals surface area contributed by atoms with Crippen molar-refractivity contribution in [2.75, 3.05) is 12.7 Å². The van der Waals surface area contributed by atoms with Gasteiger partial charge in [-0.25, -0.2) is 0 Å². The van der Waals surface area contributed by atoms with E-state index in [1.54, 1.807) is 6.92 Å². The van der Waals surface area contributed by atoms with Crippen molar-refractivity contribution in [3.8, 4) is 0 Å².